The number of carbonyl (C=O) groups is 2. The molecule has 0 unspecified atom stereocenters. The lowest BCUT2D eigenvalue weighted by Gasteiger charge is -2.39. The van der Waals surface area contributed by atoms with Crippen LogP contribution in [-0.2, 0) is 18.8 Å². The summed E-state index contributed by atoms with van der Waals surface area (Å²) in [6, 6.07) is -0.767. The van der Waals surface area contributed by atoms with E-state index >= 15 is 0 Å². The summed E-state index contributed by atoms with van der Waals surface area (Å²) in [6.45, 7) is 13.7. The third-order valence-corrected chi connectivity index (χ3v) is 8.14. The lowest BCUT2D eigenvalue weighted by molar-refractivity contribution is -0.147. The van der Waals surface area contributed by atoms with Crippen LogP contribution in [0, 0.1) is 0 Å². The normalized spacial score (nSPS) is 15.6. The molecule has 112 valence electrons. The Hall–Kier alpha value is -0.883. The van der Waals surface area contributed by atoms with Gasteiger partial charge in [0.2, 0.25) is 5.91 Å². The van der Waals surface area contributed by atoms with Crippen LogP contribution >= 0.6 is 0 Å². The summed E-state index contributed by atoms with van der Waals surface area (Å²) in [5, 5.41) is 2.63. The molecule has 2 atom stereocenters. The standard InChI is InChI=1S/C13H27NO4Si/c1-9(18-19(7,8)13(3,4)5)11(12(16)17-6)14-10(2)15/h9,11H,1-8H3,(H,14,15)/t9-,11-/m0/s1. The van der Waals surface area contributed by atoms with E-state index in [2.05, 4.69) is 39.2 Å². The van der Waals surface area contributed by atoms with Gasteiger partial charge in [-0.25, -0.2) is 4.79 Å². The highest BCUT2D eigenvalue weighted by Gasteiger charge is 2.41. The number of ether oxygens (including phenoxy) is 1. The number of hydrogen-bond acceptors (Lipinski definition) is 4. The molecule has 5 nitrogen and oxygen atoms in total. The van der Waals surface area contributed by atoms with Gasteiger partial charge in [-0.15, -0.1) is 0 Å². The van der Waals surface area contributed by atoms with Gasteiger partial charge in [0, 0.05) is 6.92 Å². The highest BCUT2D eigenvalue weighted by atomic mass is 28.4. The summed E-state index contributed by atoms with van der Waals surface area (Å²) < 4.78 is 10.8. The maximum Gasteiger partial charge on any atom is 0.331 e. The van der Waals surface area contributed by atoms with Gasteiger partial charge in [-0.3, -0.25) is 4.79 Å². The van der Waals surface area contributed by atoms with Crippen molar-refractivity contribution in [2.45, 2.75) is 64.9 Å². The first-order valence-corrected chi connectivity index (χ1v) is 9.36. The second-order valence-corrected chi connectivity index (χ2v) is 11.0. The Labute approximate surface area is 117 Å². The minimum Gasteiger partial charge on any atom is -0.467 e. The van der Waals surface area contributed by atoms with Crippen molar-refractivity contribution in [2.75, 3.05) is 7.11 Å². The van der Waals surface area contributed by atoms with E-state index in [0.717, 1.165) is 0 Å². The molecule has 0 aromatic heterocycles. The van der Waals surface area contributed by atoms with Gasteiger partial charge in [0.25, 0.3) is 0 Å². The molecule has 19 heavy (non-hydrogen) atoms. The molecule has 0 aliphatic heterocycles. The molecule has 0 saturated heterocycles. The zero-order valence-corrected chi connectivity index (χ0v) is 14.3. The lowest BCUT2D eigenvalue weighted by Crippen LogP contribution is -2.53. The molecule has 0 aliphatic carbocycles. The number of nitrogens with one attached hydrogen (secondary N) is 1. The van der Waals surface area contributed by atoms with E-state index < -0.39 is 26.4 Å². The molecule has 0 bridgehead atoms. The van der Waals surface area contributed by atoms with Crippen LogP contribution in [0.1, 0.15) is 34.6 Å². The maximum atomic E-state index is 11.7. The molecular formula is C13H27NO4Si. The highest BCUT2D eigenvalue weighted by molar-refractivity contribution is 6.74. The molecule has 0 radical (unpaired) electrons. The molecule has 0 aromatic carbocycles. The van der Waals surface area contributed by atoms with Crippen LogP contribution in [0.15, 0.2) is 0 Å². The van der Waals surface area contributed by atoms with E-state index in [9.17, 15) is 9.59 Å². The number of amides is 1. The zero-order chi connectivity index (χ0) is 15.4. The Morgan fingerprint density at radius 3 is 2.00 bits per heavy atom. The van der Waals surface area contributed by atoms with Crippen LogP contribution in [0.5, 0.6) is 0 Å². The summed E-state index contributed by atoms with van der Waals surface area (Å²) in [4.78, 5) is 22.9. The molecule has 0 heterocycles. The third-order valence-electron chi connectivity index (χ3n) is 3.57. The van der Waals surface area contributed by atoms with Gasteiger partial charge in [0.1, 0.15) is 0 Å². The van der Waals surface area contributed by atoms with E-state index in [1.54, 1.807) is 6.92 Å². The second-order valence-electron chi connectivity index (χ2n) is 6.28. The van der Waals surface area contributed by atoms with E-state index in [4.69, 9.17) is 9.16 Å². The topological polar surface area (TPSA) is 64.6 Å². The van der Waals surface area contributed by atoms with E-state index in [1.165, 1.54) is 14.0 Å². The minimum atomic E-state index is -2.00. The first kappa shape index (κ1) is 18.1. The second kappa shape index (κ2) is 6.52. The quantitative estimate of drug-likeness (QED) is 0.621. The van der Waals surface area contributed by atoms with Crippen LogP contribution in [-0.4, -0.2) is 39.4 Å². The molecular weight excluding hydrogens is 262 g/mol. The Balaban J connectivity index is 4.97. The zero-order valence-electron chi connectivity index (χ0n) is 13.3. The summed E-state index contributed by atoms with van der Waals surface area (Å²) in [7, 11) is -0.698. The summed E-state index contributed by atoms with van der Waals surface area (Å²) >= 11 is 0. The first-order chi connectivity index (χ1) is 8.42. The van der Waals surface area contributed by atoms with Crippen molar-refractivity contribution in [1.29, 1.82) is 0 Å². The van der Waals surface area contributed by atoms with Crippen molar-refractivity contribution in [3.8, 4) is 0 Å². The summed E-state index contributed by atoms with van der Waals surface area (Å²) in [5.41, 5.74) is 0. The Morgan fingerprint density at radius 1 is 1.21 bits per heavy atom. The van der Waals surface area contributed by atoms with Crippen LogP contribution in [0.3, 0.4) is 0 Å². The smallest absolute Gasteiger partial charge is 0.331 e. The molecule has 0 aliphatic rings. The molecule has 0 spiro atoms. The van der Waals surface area contributed by atoms with Crippen molar-refractivity contribution in [3.63, 3.8) is 0 Å². The molecule has 6 heteroatoms. The number of hydrogen-bond donors (Lipinski definition) is 1. The number of methoxy groups -OCH3 is 1. The fourth-order valence-electron chi connectivity index (χ4n) is 1.42. The monoisotopic (exact) mass is 289 g/mol. The molecule has 0 aromatic rings. The Kier molecular flexibility index (Phi) is 6.22. The fourth-order valence-corrected chi connectivity index (χ4v) is 2.84. The number of rotatable bonds is 5. The van der Waals surface area contributed by atoms with Gasteiger partial charge in [0.05, 0.1) is 13.2 Å². The predicted molar refractivity (Wildman–Crippen MR) is 77.4 cm³/mol. The highest BCUT2D eigenvalue weighted by Crippen LogP contribution is 2.37. The lowest BCUT2D eigenvalue weighted by atomic mass is 10.2. The predicted octanol–water partition coefficient (Wildman–Crippen LogP) is 2.07. The van der Waals surface area contributed by atoms with Crippen LogP contribution < -0.4 is 5.32 Å². The minimum absolute atomic E-state index is 0.0398. The van der Waals surface area contributed by atoms with Gasteiger partial charge in [-0.05, 0) is 25.1 Å². The van der Waals surface area contributed by atoms with Gasteiger partial charge >= 0.3 is 5.97 Å². The van der Waals surface area contributed by atoms with E-state index in [-0.39, 0.29) is 10.9 Å². The van der Waals surface area contributed by atoms with Crippen molar-refractivity contribution in [1.82, 2.24) is 5.32 Å². The van der Waals surface area contributed by atoms with E-state index in [0.29, 0.717) is 0 Å². The van der Waals surface area contributed by atoms with Gasteiger partial charge < -0.3 is 14.5 Å². The Morgan fingerprint density at radius 2 is 1.68 bits per heavy atom. The molecule has 1 N–H and O–H groups in total. The largest absolute Gasteiger partial charge is 0.467 e. The summed E-state index contributed by atoms with van der Waals surface area (Å²) in [5.74, 6) is -0.762. The van der Waals surface area contributed by atoms with Gasteiger partial charge in [-0.1, -0.05) is 20.8 Å². The van der Waals surface area contributed by atoms with Crippen molar-refractivity contribution < 1.29 is 18.8 Å². The molecule has 0 fully saturated rings. The van der Waals surface area contributed by atoms with Crippen molar-refractivity contribution in [3.05, 3.63) is 0 Å². The molecule has 1 amide bonds. The summed E-state index contributed by atoms with van der Waals surface area (Å²) in [6.07, 6.45) is -0.419. The average molecular weight is 289 g/mol. The average Bonchev–Trinajstić information content (AvgIpc) is 2.22. The fraction of sp³-hybridized carbons (Fsp3) is 0.846. The van der Waals surface area contributed by atoms with Crippen LogP contribution in [0.25, 0.3) is 0 Å². The maximum absolute atomic E-state index is 11.7. The molecule has 0 saturated carbocycles. The third kappa shape index (κ3) is 5.32. The van der Waals surface area contributed by atoms with Gasteiger partial charge in [-0.2, -0.15) is 0 Å². The van der Waals surface area contributed by atoms with E-state index in [1.807, 2.05) is 0 Å². The SMILES string of the molecule is COC(=O)[C@@H](NC(C)=O)[C@H](C)O[Si](C)(C)C(C)(C)C. The first-order valence-electron chi connectivity index (χ1n) is 6.45. The van der Waals surface area contributed by atoms with Crippen LogP contribution in [0.4, 0.5) is 0 Å². The van der Waals surface area contributed by atoms with Crippen LogP contribution in [0.2, 0.25) is 18.1 Å². The van der Waals surface area contributed by atoms with Crippen molar-refractivity contribution in [2.24, 2.45) is 0 Å². The van der Waals surface area contributed by atoms with Gasteiger partial charge in [0.15, 0.2) is 14.4 Å². The number of esters is 1. The molecule has 0 rings (SSSR count). The Bertz CT molecular complexity index is 336. The van der Waals surface area contributed by atoms with Crippen molar-refractivity contribution >= 4 is 20.2 Å². The number of carbonyl (C=O) groups excluding carboxylic acids is 2.